The van der Waals surface area contributed by atoms with Crippen LogP contribution in [-0.2, 0) is 5.41 Å². The fourth-order valence-corrected chi connectivity index (χ4v) is 2.67. The van der Waals surface area contributed by atoms with E-state index >= 15 is 0 Å². The number of halogens is 2. The quantitative estimate of drug-likeness (QED) is 0.459. The van der Waals surface area contributed by atoms with Crippen molar-refractivity contribution in [2.45, 2.75) is 44.9 Å². The molecule has 1 aliphatic rings. The van der Waals surface area contributed by atoms with Crippen LogP contribution in [0.1, 0.15) is 45.1 Å². The lowest BCUT2D eigenvalue weighted by molar-refractivity contribution is 0.424. The number of likely N-dealkylation sites (tertiary alicyclic amines) is 1. The van der Waals surface area contributed by atoms with Crippen LogP contribution in [0.15, 0.2) is 29.3 Å². The first-order valence-electron chi connectivity index (χ1n) is 7.80. The van der Waals surface area contributed by atoms with Gasteiger partial charge in [0.05, 0.1) is 6.54 Å². The van der Waals surface area contributed by atoms with Crippen LogP contribution in [0.5, 0.6) is 0 Å². The van der Waals surface area contributed by atoms with E-state index in [-0.39, 0.29) is 35.2 Å². The fourth-order valence-electron chi connectivity index (χ4n) is 2.67. The van der Waals surface area contributed by atoms with E-state index < -0.39 is 0 Å². The van der Waals surface area contributed by atoms with Crippen LogP contribution in [0.2, 0.25) is 0 Å². The van der Waals surface area contributed by atoms with Gasteiger partial charge in [0, 0.05) is 18.5 Å². The van der Waals surface area contributed by atoms with Crippen LogP contribution in [0.25, 0.3) is 0 Å². The zero-order chi connectivity index (χ0) is 15.3. The zero-order valence-corrected chi connectivity index (χ0v) is 15.8. The van der Waals surface area contributed by atoms with Gasteiger partial charge in [-0.1, -0.05) is 38.8 Å². The second-order valence-corrected chi connectivity index (χ2v) is 6.47. The predicted octanol–water partition coefficient (Wildman–Crippen LogP) is 3.91. The smallest absolute Gasteiger partial charge is 0.191 e. The maximum absolute atomic E-state index is 13.0. The number of nitrogens with zero attached hydrogens (tertiary/aromatic N) is 2. The second kappa shape index (κ2) is 8.70. The first-order chi connectivity index (χ1) is 9.99. The highest BCUT2D eigenvalue weighted by atomic mass is 127. The van der Waals surface area contributed by atoms with Gasteiger partial charge in [0.15, 0.2) is 5.96 Å². The number of aliphatic imine (C=N–C) groups is 1. The van der Waals surface area contributed by atoms with Gasteiger partial charge in [0.1, 0.15) is 5.82 Å². The Morgan fingerprint density at radius 3 is 2.23 bits per heavy atom. The summed E-state index contributed by atoms with van der Waals surface area (Å²) < 4.78 is 13.0. The highest BCUT2D eigenvalue weighted by Gasteiger charge is 2.21. The Morgan fingerprint density at radius 2 is 1.68 bits per heavy atom. The summed E-state index contributed by atoms with van der Waals surface area (Å²) >= 11 is 0. The Hall–Kier alpha value is -0.850. The summed E-state index contributed by atoms with van der Waals surface area (Å²) in [6, 6.07) is 6.65. The lowest BCUT2D eigenvalue weighted by Crippen LogP contribution is -2.39. The lowest BCUT2D eigenvalue weighted by Gasteiger charge is -2.26. The van der Waals surface area contributed by atoms with E-state index in [9.17, 15) is 4.39 Å². The maximum atomic E-state index is 13.0. The lowest BCUT2D eigenvalue weighted by atomic mass is 9.85. The highest BCUT2D eigenvalue weighted by molar-refractivity contribution is 14.0. The molecule has 0 saturated carbocycles. The first-order valence-corrected chi connectivity index (χ1v) is 7.80. The molecule has 0 amide bonds. The molecule has 1 fully saturated rings. The van der Waals surface area contributed by atoms with Gasteiger partial charge >= 0.3 is 0 Å². The number of rotatable bonds is 3. The topological polar surface area (TPSA) is 41.6 Å². The van der Waals surface area contributed by atoms with Crippen molar-refractivity contribution in [1.29, 1.82) is 0 Å². The third-order valence-corrected chi connectivity index (χ3v) is 4.19. The third-order valence-electron chi connectivity index (χ3n) is 4.19. The molecule has 1 saturated heterocycles. The molecule has 0 spiro atoms. The van der Waals surface area contributed by atoms with Gasteiger partial charge in [-0.3, -0.25) is 4.99 Å². The fraction of sp³-hybridized carbons (Fsp3) is 0.588. The Bertz CT molecular complexity index is 477. The van der Waals surface area contributed by atoms with E-state index in [0.29, 0.717) is 12.5 Å². The van der Waals surface area contributed by atoms with E-state index in [1.165, 1.54) is 37.8 Å². The van der Waals surface area contributed by atoms with Crippen LogP contribution in [0, 0.1) is 5.82 Å². The Kier molecular flexibility index (Phi) is 7.59. The summed E-state index contributed by atoms with van der Waals surface area (Å²) in [7, 11) is 0. The predicted molar refractivity (Wildman–Crippen MR) is 101 cm³/mol. The minimum Gasteiger partial charge on any atom is -0.370 e. The van der Waals surface area contributed by atoms with Crippen molar-refractivity contribution in [2.75, 3.05) is 19.6 Å². The molecule has 5 heteroatoms. The molecule has 2 N–H and O–H groups in total. The second-order valence-electron chi connectivity index (χ2n) is 6.47. The highest BCUT2D eigenvalue weighted by Crippen LogP contribution is 2.23. The Labute approximate surface area is 150 Å². The molecule has 124 valence electrons. The standard InChI is InChI=1S/C17H26FN3.HI/c1-17(2,14-7-9-15(18)10-8-14)13-20-16(19)21-11-5-3-4-6-12-21;/h7-10H,3-6,11-13H2,1-2H3,(H2,19,20);1H. The van der Waals surface area contributed by atoms with Crippen LogP contribution in [0.4, 0.5) is 4.39 Å². The molecule has 1 heterocycles. The van der Waals surface area contributed by atoms with Crippen molar-refractivity contribution < 1.29 is 4.39 Å². The van der Waals surface area contributed by atoms with Gasteiger partial charge in [0.25, 0.3) is 0 Å². The Morgan fingerprint density at radius 1 is 1.14 bits per heavy atom. The molecule has 3 nitrogen and oxygen atoms in total. The molecule has 1 aromatic carbocycles. The average molecular weight is 419 g/mol. The van der Waals surface area contributed by atoms with Gasteiger partial charge in [-0.05, 0) is 30.5 Å². The summed E-state index contributed by atoms with van der Waals surface area (Å²) in [4.78, 5) is 6.77. The molecular weight excluding hydrogens is 392 g/mol. The van der Waals surface area contributed by atoms with Gasteiger partial charge < -0.3 is 10.6 Å². The average Bonchev–Trinajstić information content (AvgIpc) is 2.74. The van der Waals surface area contributed by atoms with E-state index in [4.69, 9.17) is 5.73 Å². The minimum absolute atomic E-state index is 0. The van der Waals surface area contributed by atoms with Crippen molar-refractivity contribution in [3.05, 3.63) is 35.6 Å². The molecule has 1 aliphatic heterocycles. The molecule has 0 aliphatic carbocycles. The van der Waals surface area contributed by atoms with Gasteiger partial charge in [-0.15, -0.1) is 24.0 Å². The van der Waals surface area contributed by atoms with Crippen molar-refractivity contribution in [3.63, 3.8) is 0 Å². The zero-order valence-electron chi connectivity index (χ0n) is 13.5. The monoisotopic (exact) mass is 419 g/mol. The van der Waals surface area contributed by atoms with E-state index in [2.05, 4.69) is 23.7 Å². The van der Waals surface area contributed by atoms with Crippen molar-refractivity contribution in [2.24, 2.45) is 10.7 Å². The summed E-state index contributed by atoms with van der Waals surface area (Å²) in [5.74, 6) is 0.439. The number of guanidine groups is 1. The number of benzene rings is 1. The Balaban J connectivity index is 0.00000242. The normalized spacial score (nSPS) is 16.9. The molecule has 0 aromatic heterocycles. The van der Waals surface area contributed by atoms with Crippen molar-refractivity contribution in [3.8, 4) is 0 Å². The van der Waals surface area contributed by atoms with Crippen molar-refractivity contribution in [1.82, 2.24) is 4.90 Å². The summed E-state index contributed by atoms with van der Waals surface area (Å²) in [5, 5.41) is 0. The maximum Gasteiger partial charge on any atom is 0.191 e. The van der Waals surface area contributed by atoms with E-state index in [0.717, 1.165) is 18.7 Å². The van der Waals surface area contributed by atoms with E-state index in [1.807, 2.05) is 12.1 Å². The SMILES string of the molecule is CC(C)(CN=C(N)N1CCCCCC1)c1ccc(F)cc1.I. The van der Waals surface area contributed by atoms with Crippen LogP contribution >= 0.6 is 24.0 Å². The summed E-state index contributed by atoms with van der Waals surface area (Å²) in [5.41, 5.74) is 7.07. The molecule has 0 atom stereocenters. The van der Waals surface area contributed by atoms with Gasteiger partial charge in [-0.25, -0.2) is 4.39 Å². The van der Waals surface area contributed by atoms with Gasteiger partial charge in [-0.2, -0.15) is 0 Å². The molecular formula is C17H27FIN3. The minimum atomic E-state index is -0.206. The molecule has 0 radical (unpaired) electrons. The van der Waals surface area contributed by atoms with Crippen LogP contribution < -0.4 is 5.73 Å². The first kappa shape index (κ1) is 19.2. The molecule has 0 unspecified atom stereocenters. The molecule has 22 heavy (non-hydrogen) atoms. The number of nitrogens with two attached hydrogens (primary N) is 1. The molecule has 0 bridgehead atoms. The number of hydrogen-bond donors (Lipinski definition) is 1. The summed E-state index contributed by atoms with van der Waals surface area (Å²) in [6.07, 6.45) is 4.95. The molecule has 2 rings (SSSR count). The molecule has 1 aromatic rings. The number of hydrogen-bond acceptors (Lipinski definition) is 1. The van der Waals surface area contributed by atoms with Crippen LogP contribution in [0.3, 0.4) is 0 Å². The van der Waals surface area contributed by atoms with E-state index in [1.54, 1.807) is 0 Å². The van der Waals surface area contributed by atoms with Crippen LogP contribution in [-0.4, -0.2) is 30.5 Å². The largest absolute Gasteiger partial charge is 0.370 e. The van der Waals surface area contributed by atoms with Crippen molar-refractivity contribution >= 4 is 29.9 Å². The summed E-state index contributed by atoms with van der Waals surface area (Å²) in [6.45, 7) is 6.85. The van der Waals surface area contributed by atoms with Gasteiger partial charge in [0.2, 0.25) is 0 Å². The third kappa shape index (κ3) is 5.41.